The van der Waals surface area contributed by atoms with Gasteiger partial charge >= 0.3 is 0 Å². The van der Waals surface area contributed by atoms with Gasteiger partial charge in [-0.1, -0.05) is 30.0 Å². The van der Waals surface area contributed by atoms with Gasteiger partial charge in [-0.2, -0.15) is 0 Å². The van der Waals surface area contributed by atoms with Gasteiger partial charge in [0.2, 0.25) is 5.78 Å². The molecule has 1 aromatic carbocycles. The highest BCUT2D eigenvalue weighted by Gasteiger charge is 2.22. The second-order valence-corrected chi connectivity index (χ2v) is 5.25. The fourth-order valence-corrected chi connectivity index (χ4v) is 3.02. The lowest BCUT2D eigenvalue weighted by Crippen LogP contribution is -2.11. The first-order valence-corrected chi connectivity index (χ1v) is 6.75. The van der Waals surface area contributed by atoms with E-state index in [4.69, 9.17) is 0 Å². The molecule has 3 nitrogen and oxygen atoms in total. The van der Waals surface area contributed by atoms with Gasteiger partial charge in [0, 0.05) is 24.2 Å². The van der Waals surface area contributed by atoms with Gasteiger partial charge in [0.1, 0.15) is 5.69 Å². The molecule has 0 aliphatic carbocycles. The van der Waals surface area contributed by atoms with Crippen molar-refractivity contribution in [3.8, 4) is 0 Å². The third-order valence-electron chi connectivity index (χ3n) is 2.94. The van der Waals surface area contributed by atoms with E-state index in [2.05, 4.69) is 17.1 Å². The van der Waals surface area contributed by atoms with Crippen LogP contribution in [-0.4, -0.2) is 17.8 Å². The van der Waals surface area contributed by atoms with Crippen molar-refractivity contribution in [3.05, 3.63) is 65.5 Å². The zero-order valence-electron chi connectivity index (χ0n) is 10.4. The van der Waals surface area contributed by atoms with Crippen LogP contribution in [-0.2, 0) is 0 Å². The summed E-state index contributed by atoms with van der Waals surface area (Å²) >= 11 is 1.61. The first-order valence-electron chi connectivity index (χ1n) is 5.93. The summed E-state index contributed by atoms with van der Waals surface area (Å²) in [6.45, 7) is 0. The van der Waals surface area contributed by atoms with E-state index in [0.29, 0.717) is 5.69 Å². The lowest BCUT2D eigenvalue weighted by atomic mass is 10.2. The molecule has 19 heavy (non-hydrogen) atoms. The summed E-state index contributed by atoms with van der Waals surface area (Å²) in [5, 5.41) is 0.928. The summed E-state index contributed by atoms with van der Waals surface area (Å²) in [6.07, 6.45) is 3.28. The molecule has 0 unspecified atom stereocenters. The predicted molar refractivity (Wildman–Crippen MR) is 77.4 cm³/mol. The smallest absolute Gasteiger partial charge is 0.206 e. The molecule has 94 valence electrons. The number of hydrogen-bond acceptors (Lipinski definition) is 4. The van der Waals surface area contributed by atoms with Gasteiger partial charge in [0.05, 0.1) is 10.7 Å². The number of hydrogen-bond donors (Lipinski definition) is 0. The van der Waals surface area contributed by atoms with Crippen molar-refractivity contribution in [2.24, 2.45) is 0 Å². The average molecular weight is 268 g/mol. The van der Waals surface area contributed by atoms with Crippen LogP contribution in [0.5, 0.6) is 0 Å². The molecular weight excluding hydrogens is 256 g/mol. The molecule has 2 heterocycles. The molecule has 0 atom stereocenters. The van der Waals surface area contributed by atoms with E-state index in [9.17, 15) is 4.79 Å². The Balaban J connectivity index is 1.89. The third-order valence-corrected chi connectivity index (χ3v) is 4.11. The number of anilines is 1. The Morgan fingerprint density at radius 2 is 2.00 bits per heavy atom. The van der Waals surface area contributed by atoms with Crippen LogP contribution in [0.15, 0.2) is 64.7 Å². The fraction of sp³-hybridized carbons (Fsp3) is 0.0667. The highest BCUT2D eigenvalue weighted by molar-refractivity contribution is 8.03. The molecule has 1 aliphatic rings. The van der Waals surface area contributed by atoms with Crippen LogP contribution in [0, 0.1) is 0 Å². The first kappa shape index (κ1) is 12.0. The molecule has 2 aromatic rings. The molecule has 1 aliphatic heterocycles. The molecule has 4 heteroatoms. The van der Waals surface area contributed by atoms with E-state index in [-0.39, 0.29) is 5.78 Å². The number of carbonyl (C=O) groups excluding carboxylic acids is 1. The van der Waals surface area contributed by atoms with Crippen LogP contribution in [0.1, 0.15) is 10.5 Å². The summed E-state index contributed by atoms with van der Waals surface area (Å²) in [6, 6.07) is 13.5. The number of nitrogens with zero attached hydrogens (tertiary/aromatic N) is 2. The molecule has 0 radical (unpaired) electrons. The Hall–Kier alpha value is -2.07. The number of para-hydroxylation sites is 1. The molecule has 0 N–H and O–H groups in total. The van der Waals surface area contributed by atoms with Crippen molar-refractivity contribution in [2.45, 2.75) is 4.90 Å². The quantitative estimate of drug-likeness (QED) is 0.618. The first-order chi connectivity index (χ1) is 9.25. The predicted octanol–water partition coefficient (Wildman–Crippen LogP) is 3.35. The zero-order valence-corrected chi connectivity index (χ0v) is 11.2. The molecule has 0 fully saturated rings. The van der Waals surface area contributed by atoms with E-state index in [1.54, 1.807) is 36.2 Å². The van der Waals surface area contributed by atoms with E-state index in [1.165, 1.54) is 4.90 Å². The van der Waals surface area contributed by atoms with Crippen molar-refractivity contribution in [2.75, 3.05) is 11.9 Å². The van der Waals surface area contributed by atoms with E-state index < -0.39 is 0 Å². The van der Waals surface area contributed by atoms with E-state index in [1.807, 2.05) is 30.1 Å². The summed E-state index contributed by atoms with van der Waals surface area (Å²) in [4.78, 5) is 19.4. The number of thioether (sulfide) groups is 1. The lowest BCUT2D eigenvalue weighted by molar-refractivity contribution is 0.104. The number of aromatic nitrogens is 1. The Morgan fingerprint density at radius 1 is 1.21 bits per heavy atom. The molecule has 0 bridgehead atoms. The SMILES string of the molecule is CN1/C(=C/C(=O)c2ccccn2)Sc2ccccc21. The van der Waals surface area contributed by atoms with Gasteiger partial charge < -0.3 is 4.90 Å². The van der Waals surface area contributed by atoms with Gasteiger partial charge in [-0.3, -0.25) is 9.78 Å². The highest BCUT2D eigenvalue weighted by atomic mass is 32.2. The van der Waals surface area contributed by atoms with Crippen molar-refractivity contribution in [1.82, 2.24) is 4.98 Å². The van der Waals surface area contributed by atoms with Crippen LogP contribution >= 0.6 is 11.8 Å². The van der Waals surface area contributed by atoms with Crippen molar-refractivity contribution in [3.63, 3.8) is 0 Å². The second kappa shape index (κ2) is 4.90. The van der Waals surface area contributed by atoms with Crippen molar-refractivity contribution < 1.29 is 4.79 Å². The maximum absolute atomic E-state index is 12.1. The third kappa shape index (κ3) is 2.27. The number of carbonyl (C=O) groups is 1. The minimum absolute atomic E-state index is 0.0669. The Morgan fingerprint density at radius 3 is 2.74 bits per heavy atom. The Kier molecular flexibility index (Phi) is 3.09. The fourth-order valence-electron chi connectivity index (χ4n) is 1.94. The standard InChI is InChI=1S/C15H12N2OS/c1-17-12-7-2-3-8-14(12)19-15(17)10-13(18)11-6-4-5-9-16-11/h2-10H,1H3/b15-10-. The summed E-state index contributed by atoms with van der Waals surface area (Å²) < 4.78 is 0. The number of ketones is 1. The molecule has 1 aromatic heterocycles. The lowest BCUT2D eigenvalue weighted by Gasteiger charge is -2.12. The topological polar surface area (TPSA) is 33.2 Å². The average Bonchev–Trinajstić information content (AvgIpc) is 2.77. The van der Waals surface area contributed by atoms with Crippen LogP contribution in [0.25, 0.3) is 0 Å². The Labute approximate surface area is 116 Å². The largest absolute Gasteiger partial charge is 0.338 e. The summed E-state index contributed by atoms with van der Waals surface area (Å²) in [5.74, 6) is -0.0669. The number of allylic oxidation sites excluding steroid dienone is 1. The van der Waals surface area contributed by atoms with Gasteiger partial charge in [0.15, 0.2) is 0 Å². The highest BCUT2D eigenvalue weighted by Crippen LogP contribution is 2.44. The van der Waals surface area contributed by atoms with Crippen molar-refractivity contribution >= 4 is 23.2 Å². The van der Waals surface area contributed by atoms with E-state index in [0.717, 1.165) is 10.7 Å². The molecule has 0 saturated heterocycles. The summed E-state index contributed by atoms with van der Waals surface area (Å²) in [7, 11) is 1.97. The van der Waals surface area contributed by atoms with E-state index >= 15 is 0 Å². The van der Waals surface area contributed by atoms with Crippen molar-refractivity contribution in [1.29, 1.82) is 0 Å². The molecular formula is C15H12N2OS. The normalized spacial score (nSPS) is 15.6. The molecule has 0 saturated carbocycles. The number of benzene rings is 1. The number of pyridine rings is 1. The molecule has 0 amide bonds. The molecule has 0 spiro atoms. The number of fused-ring (bicyclic) bond motifs is 1. The zero-order chi connectivity index (χ0) is 13.2. The molecule has 3 rings (SSSR count). The maximum Gasteiger partial charge on any atom is 0.206 e. The van der Waals surface area contributed by atoms with Gasteiger partial charge in [0.25, 0.3) is 0 Å². The number of rotatable bonds is 2. The minimum Gasteiger partial charge on any atom is -0.338 e. The minimum atomic E-state index is -0.0669. The van der Waals surface area contributed by atoms with Gasteiger partial charge in [-0.25, -0.2) is 0 Å². The van der Waals surface area contributed by atoms with Crippen LogP contribution in [0.3, 0.4) is 0 Å². The summed E-state index contributed by atoms with van der Waals surface area (Å²) in [5.41, 5.74) is 1.60. The second-order valence-electron chi connectivity index (χ2n) is 4.19. The monoisotopic (exact) mass is 268 g/mol. The maximum atomic E-state index is 12.1. The van der Waals surface area contributed by atoms with Crippen LogP contribution in [0.4, 0.5) is 5.69 Å². The Bertz CT molecular complexity index is 652. The van der Waals surface area contributed by atoms with Crippen LogP contribution < -0.4 is 4.90 Å². The van der Waals surface area contributed by atoms with Gasteiger partial charge in [-0.05, 0) is 24.3 Å². The van der Waals surface area contributed by atoms with Crippen LogP contribution in [0.2, 0.25) is 0 Å². The van der Waals surface area contributed by atoms with Gasteiger partial charge in [-0.15, -0.1) is 0 Å².